The van der Waals surface area contributed by atoms with Crippen LogP contribution in [-0.4, -0.2) is 7.11 Å². The normalized spacial score (nSPS) is 12.0. The van der Waals surface area contributed by atoms with E-state index in [1.807, 2.05) is 0 Å². The smallest absolute Gasteiger partial charge is 0.119 e. The molecule has 0 atom stereocenters. The number of hydrogen-bond acceptors (Lipinski definition) is 1. The minimum absolute atomic E-state index is 0.954. The molecule has 152 valence electrons. The summed E-state index contributed by atoms with van der Waals surface area (Å²) >= 11 is 0. The predicted octanol–water partition coefficient (Wildman–Crippen LogP) is 8.33. The van der Waals surface area contributed by atoms with Crippen LogP contribution in [0.2, 0.25) is 0 Å². The average Bonchev–Trinajstić information content (AvgIpc) is 3.12. The van der Waals surface area contributed by atoms with Gasteiger partial charge in [0.1, 0.15) is 5.75 Å². The number of unbranched alkanes of at least 4 members (excludes halogenated alkanes) is 2. The largest absolute Gasteiger partial charge is 0.497 e. The summed E-state index contributed by atoms with van der Waals surface area (Å²) < 4.78 is 5.64. The summed E-state index contributed by atoms with van der Waals surface area (Å²) in [5, 5.41) is 5.59. The topological polar surface area (TPSA) is 9.23 Å². The Morgan fingerprint density at radius 1 is 0.700 bits per heavy atom. The molecular formula is C29H30O. The Bertz CT molecular complexity index is 1240. The Morgan fingerprint density at radius 3 is 1.87 bits per heavy atom. The second-order valence-corrected chi connectivity index (χ2v) is 8.53. The summed E-state index contributed by atoms with van der Waals surface area (Å²) in [5.41, 5.74) is 8.87. The first-order valence-electron chi connectivity index (χ1n) is 11.5. The predicted molar refractivity (Wildman–Crippen MR) is 130 cm³/mol. The van der Waals surface area contributed by atoms with Crippen LogP contribution in [0.3, 0.4) is 0 Å². The summed E-state index contributed by atoms with van der Waals surface area (Å²) in [6.45, 7) is 4.57. The van der Waals surface area contributed by atoms with Crippen molar-refractivity contribution >= 4 is 21.5 Å². The van der Waals surface area contributed by atoms with E-state index in [-0.39, 0.29) is 0 Å². The minimum Gasteiger partial charge on any atom is -0.497 e. The van der Waals surface area contributed by atoms with Gasteiger partial charge in [-0.2, -0.15) is 0 Å². The SMILES string of the molecule is CCCCc1c2c(c(CCCC)c3cc(OC)ccc13)-c1cccc3cccc-2c13. The monoisotopic (exact) mass is 394 g/mol. The van der Waals surface area contributed by atoms with E-state index < -0.39 is 0 Å². The maximum atomic E-state index is 5.64. The molecule has 1 aliphatic rings. The molecule has 0 aromatic heterocycles. The highest BCUT2D eigenvalue weighted by molar-refractivity contribution is 6.20. The van der Waals surface area contributed by atoms with Gasteiger partial charge in [-0.3, -0.25) is 0 Å². The van der Waals surface area contributed by atoms with E-state index in [0.717, 1.165) is 18.6 Å². The summed E-state index contributed by atoms with van der Waals surface area (Å²) in [4.78, 5) is 0. The van der Waals surface area contributed by atoms with Gasteiger partial charge in [-0.1, -0.05) is 69.2 Å². The Hall–Kier alpha value is -2.80. The molecule has 30 heavy (non-hydrogen) atoms. The molecule has 1 nitrogen and oxygen atoms in total. The Labute approximate surface area is 179 Å². The fraction of sp³-hybridized carbons (Fsp3) is 0.310. The molecule has 1 aliphatic carbocycles. The van der Waals surface area contributed by atoms with E-state index in [1.54, 1.807) is 7.11 Å². The van der Waals surface area contributed by atoms with Gasteiger partial charge >= 0.3 is 0 Å². The molecule has 1 heteroatoms. The van der Waals surface area contributed by atoms with Crippen molar-refractivity contribution in [1.82, 2.24) is 0 Å². The first kappa shape index (κ1) is 19.2. The molecule has 0 radical (unpaired) electrons. The molecule has 0 saturated heterocycles. The first-order valence-corrected chi connectivity index (χ1v) is 11.5. The van der Waals surface area contributed by atoms with Crippen molar-refractivity contribution in [2.75, 3.05) is 7.11 Å². The minimum atomic E-state index is 0.954. The molecule has 0 saturated carbocycles. The highest BCUT2D eigenvalue weighted by Crippen LogP contribution is 2.53. The summed E-state index contributed by atoms with van der Waals surface area (Å²) in [5.74, 6) is 0.954. The van der Waals surface area contributed by atoms with E-state index in [1.165, 1.54) is 80.6 Å². The van der Waals surface area contributed by atoms with Crippen molar-refractivity contribution in [3.05, 3.63) is 65.7 Å². The van der Waals surface area contributed by atoms with Gasteiger partial charge in [0, 0.05) is 0 Å². The molecular weight excluding hydrogens is 364 g/mol. The second kappa shape index (κ2) is 7.80. The summed E-state index contributed by atoms with van der Waals surface area (Å²) in [6, 6.07) is 20.4. The molecule has 0 aliphatic heterocycles. The van der Waals surface area contributed by atoms with Crippen molar-refractivity contribution in [3.63, 3.8) is 0 Å². The van der Waals surface area contributed by atoms with Crippen molar-refractivity contribution in [1.29, 1.82) is 0 Å². The number of ether oxygens (including phenoxy) is 1. The molecule has 4 aromatic carbocycles. The molecule has 4 aromatic rings. The zero-order valence-electron chi connectivity index (χ0n) is 18.3. The Morgan fingerprint density at radius 2 is 1.30 bits per heavy atom. The lowest BCUT2D eigenvalue weighted by molar-refractivity contribution is 0.415. The Balaban J connectivity index is 1.94. The average molecular weight is 395 g/mol. The van der Waals surface area contributed by atoms with Crippen LogP contribution in [-0.2, 0) is 12.8 Å². The van der Waals surface area contributed by atoms with Crippen molar-refractivity contribution in [2.24, 2.45) is 0 Å². The molecule has 0 fully saturated rings. The fourth-order valence-corrected chi connectivity index (χ4v) is 5.31. The number of rotatable bonds is 7. The molecule has 0 heterocycles. The van der Waals surface area contributed by atoms with Gasteiger partial charge in [-0.15, -0.1) is 0 Å². The maximum Gasteiger partial charge on any atom is 0.119 e. The number of hydrogen-bond donors (Lipinski definition) is 0. The summed E-state index contributed by atoms with van der Waals surface area (Å²) in [6.07, 6.45) is 7.07. The lowest BCUT2D eigenvalue weighted by atomic mass is 9.84. The molecule has 5 rings (SSSR count). The Kier molecular flexibility index (Phi) is 4.98. The van der Waals surface area contributed by atoms with Crippen molar-refractivity contribution in [2.45, 2.75) is 52.4 Å². The van der Waals surface area contributed by atoms with E-state index in [9.17, 15) is 0 Å². The number of fused-ring (bicyclic) bond motifs is 4. The van der Waals surface area contributed by atoms with Gasteiger partial charge in [0.25, 0.3) is 0 Å². The lowest BCUT2D eigenvalue weighted by Gasteiger charge is -2.20. The van der Waals surface area contributed by atoms with Gasteiger partial charge < -0.3 is 4.74 Å². The molecule has 0 N–H and O–H groups in total. The van der Waals surface area contributed by atoms with Crippen LogP contribution in [0.4, 0.5) is 0 Å². The van der Waals surface area contributed by atoms with Gasteiger partial charge in [0.2, 0.25) is 0 Å². The van der Waals surface area contributed by atoms with Gasteiger partial charge in [0.15, 0.2) is 0 Å². The molecule has 0 bridgehead atoms. The maximum absolute atomic E-state index is 5.64. The number of benzene rings is 4. The van der Waals surface area contributed by atoms with E-state index in [4.69, 9.17) is 4.74 Å². The fourth-order valence-electron chi connectivity index (χ4n) is 5.31. The van der Waals surface area contributed by atoms with Crippen LogP contribution in [0.5, 0.6) is 5.75 Å². The van der Waals surface area contributed by atoms with Crippen LogP contribution in [0, 0.1) is 0 Å². The third-order valence-electron chi connectivity index (χ3n) is 6.73. The summed E-state index contributed by atoms with van der Waals surface area (Å²) in [7, 11) is 1.77. The van der Waals surface area contributed by atoms with E-state index >= 15 is 0 Å². The number of methoxy groups -OCH3 is 1. The van der Waals surface area contributed by atoms with E-state index in [0.29, 0.717) is 0 Å². The van der Waals surface area contributed by atoms with Gasteiger partial charge in [-0.05, 0) is 92.7 Å². The van der Waals surface area contributed by atoms with Crippen LogP contribution in [0.1, 0.15) is 50.7 Å². The quantitative estimate of drug-likeness (QED) is 0.269. The third kappa shape index (κ3) is 2.83. The first-order chi connectivity index (χ1) is 14.8. The molecule has 0 amide bonds. The third-order valence-corrected chi connectivity index (χ3v) is 6.73. The number of aryl methyl sites for hydroxylation is 2. The molecule has 0 unspecified atom stereocenters. The van der Waals surface area contributed by atoms with E-state index in [2.05, 4.69) is 68.4 Å². The van der Waals surface area contributed by atoms with Crippen LogP contribution >= 0.6 is 0 Å². The molecule has 0 spiro atoms. The van der Waals surface area contributed by atoms with Crippen LogP contribution in [0.25, 0.3) is 43.8 Å². The highest BCUT2D eigenvalue weighted by atomic mass is 16.5. The lowest BCUT2D eigenvalue weighted by Crippen LogP contribution is -2.00. The van der Waals surface area contributed by atoms with Gasteiger partial charge in [0.05, 0.1) is 7.11 Å². The van der Waals surface area contributed by atoms with Crippen LogP contribution < -0.4 is 4.74 Å². The van der Waals surface area contributed by atoms with Crippen molar-refractivity contribution in [3.8, 4) is 28.0 Å². The standard InChI is InChI=1S/C29H30O/c1-4-6-12-22-21-17-16-20(30-3)18-26(21)23(13-7-5-2)29-25-15-9-11-19-10-8-14-24(27(19)25)28(22)29/h8-11,14-18H,4-7,12-13H2,1-3H3. The highest BCUT2D eigenvalue weighted by Gasteiger charge is 2.28. The van der Waals surface area contributed by atoms with Crippen LogP contribution in [0.15, 0.2) is 54.6 Å². The zero-order valence-corrected chi connectivity index (χ0v) is 18.3. The van der Waals surface area contributed by atoms with Crippen molar-refractivity contribution < 1.29 is 4.74 Å². The van der Waals surface area contributed by atoms with Gasteiger partial charge in [-0.25, -0.2) is 0 Å². The zero-order chi connectivity index (χ0) is 20.7. The second-order valence-electron chi connectivity index (χ2n) is 8.53.